The molecule has 0 aliphatic carbocycles. The van der Waals surface area contributed by atoms with Crippen molar-refractivity contribution in [3.05, 3.63) is 0 Å². The predicted molar refractivity (Wildman–Crippen MR) is 35.6 cm³/mol. The van der Waals surface area contributed by atoms with Crippen LogP contribution in [0.15, 0.2) is 0 Å². The van der Waals surface area contributed by atoms with E-state index in [4.69, 9.17) is 5.11 Å². The molecule has 46 valence electrons. The minimum atomic E-state index is -0.961. The first-order valence-electron chi connectivity index (χ1n) is 1.79. The SMILES string of the molecule is O=C(O)CNC(=S)[S-]. The lowest BCUT2D eigenvalue weighted by atomic mass is 10.7. The number of carboxylic acid groups (broad SMARTS) is 1. The van der Waals surface area contributed by atoms with Crippen molar-refractivity contribution < 1.29 is 9.90 Å². The maximum absolute atomic E-state index is 9.74. The molecule has 0 atom stereocenters. The van der Waals surface area contributed by atoms with Gasteiger partial charge in [0.1, 0.15) is 6.54 Å². The molecule has 0 amide bonds. The number of nitrogens with one attached hydrogen (secondary N) is 1. The highest BCUT2D eigenvalue weighted by atomic mass is 32.1. The summed E-state index contributed by atoms with van der Waals surface area (Å²) in [4.78, 5) is 9.74. The van der Waals surface area contributed by atoms with Gasteiger partial charge in [-0.1, -0.05) is 4.32 Å². The van der Waals surface area contributed by atoms with Gasteiger partial charge in [-0.25, -0.2) is 0 Å². The van der Waals surface area contributed by atoms with Gasteiger partial charge in [-0.2, -0.15) is 0 Å². The molecule has 0 unspecified atom stereocenters. The second kappa shape index (κ2) is 3.57. The fourth-order valence-electron chi connectivity index (χ4n) is 0.148. The molecular weight excluding hydrogens is 146 g/mol. The van der Waals surface area contributed by atoms with Gasteiger partial charge in [0.05, 0.1) is 0 Å². The lowest BCUT2D eigenvalue weighted by Gasteiger charge is -2.04. The van der Waals surface area contributed by atoms with Crippen LogP contribution in [0.1, 0.15) is 0 Å². The van der Waals surface area contributed by atoms with E-state index in [0.717, 1.165) is 0 Å². The molecular formula is C3H4NO2S2-. The van der Waals surface area contributed by atoms with Crippen molar-refractivity contribution in [3.63, 3.8) is 0 Å². The topological polar surface area (TPSA) is 49.3 Å². The Morgan fingerprint density at radius 3 is 2.50 bits per heavy atom. The number of aliphatic carboxylic acids is 1. The first-order chi connectivity index (χ1) is 3.63. The van der Waals surface area contributed by atoms with Crippen molar-refractivity contribution in [1.82, 2.24) is 5.32 Å². The quantitative estimate of drug-likeness (QED) is 0.410. The Balaban J connectivity index is 3.18. The average molecular weight is 150 g/mol. The maximum Gasteiger partial charge on any atom is 0.322 e. The molecule has 0 aliphatic rings. The van der Waals surface area contributed by atoms with E-state index in [0.29, 0.717) is 0 Å². The van der Waals surface area contributed by atoms with E-state index in [1.165, 1.54) is 0 Å². The van der Waals surface area contributed by atoms with Crippen LogP contribution in [0.2, 0.25) is 0 Å². The molecule has 0 saturated carbocycles. The van der Waals surface area contributed by atoms with Crippen molar-refractivity contribution in [2.24, 2.45) is 0 Å². The van der Waals surface area contributed by atoms with Crippen molar-refractivity contribution in [3.8, 4) is 0 Å². The first-order valence-corrected chi connectivity index (χ1v) is 2.61. The minimum Gasteiger partial charge on any atom is -0.480 e. The van der Waals surface area contributed by atoms with Gasteiger partial charge in [0.15, 0.2) is 0 Å². The van der Waals surface area contributed by atoms with E-state index in [1.54, 1.807) is 0 Å². The standard InChI is InChI=1S/C3H5NO2S2/c5-2(6)1-4-3(7)8/h1H2,(H,5,6)(H2,4,7,8)/p-1. The summed E-state index contributed by atoms with van der Waals surface area (Å²) in [5.41, 5.74) is 0. The van der Waals surface area contributed by atoms with E-state index in [9.17, 15) is 4.79 Å². The second-order valence-electron chi connectivity index (χ2n) is 1.03. The van der Waals surface area contributed by atoms with Crippen LogP contribution in [0.5, 0.6) is 0 Å². The summed E-state index contributed by atoms with van der Waals surface area (Å²) >= 11 is 8.71. The van der Waals surface area contributed by atoms with Crippen LogP contribution in [0.3, 0.4) is 0 Å². The van der Waals surface area contributed by atoms with Crippen LogP contribution in [-0.4, -0.2) is 21.9 Å². The largest absolute Gasteiger partial charge is 0.480 e. The Labute approximate surface area is 57.5 Å². The molecule has 0 aromatic heterocycles. The summed E-state index contributed by atoms with van der Waals surface area (Å²) in [6.45, 7) is -0.192. The summed E-state index contributed by atoms with van der Waals surface area (Å²) in [6.07, 6.45) is 0. The number of hydrogen-bond acceptors (Lipinski definition) is 3. The molecule has 0 aliphatic heterocycles. The Morgan fingerprint density at radius 1 is 1.88 bits per heavy atom. The normalized spacial score (nSPS) is 8.00. The number of carboxylic acids is 1. The zero-order valence-electron chi connectivity index (χ0n) is 3.88. The molecule has 0 aromatic carbocycles. The van der Waals surface area contributed by atoms with Crippen LogP contribution in [0, 0.1) is 0 Å². The highest BCUT2D eigenvalue weighted by Crippen LogP contribution is 1.64. The van der Waals surface area contributed by atoms with E-state index in [2.05, 4.69) is 30.2 Å². The number of carbonyl (C=O) groups is 1. The third-order valence-electron chi connectivity index (χ3n) is 0.384. The number of hydrogen-bond donors (Lipinski definition) is 2. The summed E-state index contributed by atoms with van der Waals surface area (Å²) in [7, 11) is 0. The molecule has 0 radical (unpaired) electrons. The molecule has 0 bridgehead atoms. The average Bonchev–Trinajstić information content (AvgIpc) is 1.61. The van der Waals surface area contributed by atoms with Gasteiger partial charge >= 0.3 is 5.97 Å². The molecule has 5 heteroatoms. The van der Waals surface area contributed by atoms with Gasteiger partial charge in [0.2, 0.25) is 0 Å². The number of thiocarbonyl (C=S) groups is 1. The number of rotatable bonds is 2. The molecule has 0 heterocycles. The van der Waals surface area contributed by atoms with Crippen LogP contribution >= 0.6 is 12.2 Å². The lowest BCUT2D eigenvalue weighted by molar-refractivity contribution is -0.135. The highest BCUT2D eigenvalue weighted by molar-refractivity contribution is 8.00. The Hall–Kier alpha value is -0.420. The Kier molecular flexibility index (Phi) is 3.38. The summed E-state index contributed by atoms with van der Waals surface area (Å²) in [5, 5.41) is 10.3. The summed E-state index contributed by atoms with van der Waals surface area (Å²) in [6, 6.07) is 0. The van der Waals surface area contributed by atoms with E-state index >= 15 is 0 Å². The van der Waals surface area contributed by atoms with Gasteiger partial charge < -0.3 is 35.3 Å². The third kappa shape index (κ3) is 5.58. The van der Waals surface area contributed by atoms with E-state index in [1.807, 2.05) is 0 Å². The summed E-state index contributed by atoms with van der Waals surface area (Å²) in [5.74, 6) is -0.961. The smallest absolute Gasteiger partial charge is 0.322 e. The fourth-order valence-corrected chi connectivity index (χ4v) is 0.292. The van der Waals surface area contributed by atoms with E-state index < -0.39 is 5.97 Å². The molecule has 0 spiro atoms. The van der Waals surface area contributed by atoms with Gasteiger partial charge in [0, 0.05) is 0 Å². The van der Waals surface area contributed by atoms with Crippen molar-refractivity contribution in [2.45, 2.75) is 0 Å². The fraction of sp³-hybridized carbons (Fsp3) is 0.333. The maximum atomic E-state index is 9.74. The molecule has 2 N–H and O–H groups in total. The predicted octanol–water partition coefficient (Wildman–Crippen LogP) is -0.508. The van der Waals surface area contributed by atoms with Gasteiger partial charge in [-0.15, -0.1) is 0 Å². The van der Waals surface area contributed by atoms with Crippen LogP contribution in [0.25, 0.3) is 0 Å². The van der Waals surface area contributed by atoms with Crippen LogP contribution < -0.4 is 5.32 Å². The molecule has 0 saturated heterocycles. The lowest BCUT2D eigenvalue weighted by Crippen LogP contribution is -2.25. The zero-order valence-corrected chi connectivity index (χ0v) is 5.51. The first kappa shape index (κ1) is 7.58. The van der Waals surface area contributed by atoms with E-state index in [-0.39, 0.29) is 10.9 Å². The summed E-state index contributed by atoms with van der Waals surface area (Å²) < 4.78 is 0.0902. The Morgan fingerprint density at radius 2 is 2.38 bits per heavy atom. The van der Waals surface area contributed by atoms with Crippen LogP contribution in [0.4, 0.5) is 0 Å². The zero-order chi connectivity index (χ0) is 6.57. The minimum absolute atomic E-state index is 0.0902. The monoisotopic (exact) mass is 150 g/mol. The molecule has 3 nitrogen and oxygen atoms in total. The Bertz CT molecular complexity index is 99.9. The molecule has 8 heavy (non-hydrogen) atoms. The molecule has 0 fully saturated rings. The van der Waals surface area contributed by atoms with Crippen LogP contribution in [-0.2, 0) is 17.4 Å². The third-order valence-corrected chi connectivity index (χ3v) is 0.673. The van der Waals surface area contributed by atoms with Crippen molar-refractivity contribution in [1.29, 1.82) is 0 Å². The second-order valence-corrected chi connectivity index (χ2v) is 2.11. The van der Waals surface area contributed by atoms with Crippen molar-refractivity contribution in [2.75, 3.05) is 6.54 Å². The van der Waals surface area contributed by atoms with Crippen molar-refractivity contribution >= 4 is 35.1 Å². The molecule has 0 aromatic rings. The van der Waals surface area contributed by atoms with Gasteiger partial charge in [-0.05, 0) is 0 Å². The van der Waals surface area contributed by atoms with Gasteiger partial charge in [-0.3, -0.25) is 4.79 Å². The highest BCUT2D eigenvalue weighted by Gasteiger charge is 1.89. The molecule has 0 rings (SSSR count). The van der Waals surface area contributed by atoms with Gasteiger partial charge in [0.25, 0.3) is 0 Å².